The van der Waals surface area contributed by atoms with E-state index in [1.54, 1.807) is 0 Å². The molecule has 0 spiro atoms. The van der Waals surface area contributed by atoms with Crippen molar-refractivity contribution in [3.63, 3.8) is 0 Å². The van der Waals surface area contributed by atoms with E-state index in [1.165, 1.54) is 28.7 Å². The number of rotatable bonds is 4. The Morgan fingerprint density at radius 2 is 1.94 bits per heavy atom. The number of pyridine rings is 1. The van der Waals surface area contributed by atoms with Gasteiger partial charge in [-0.25, -0.2) is 4.98 Å². The summed E-state index contributed by atoms with van der Waals surface area (Å²) in [6.45, 7) is 8.81. The Balaban J connectivity index is 1.65. The molecule has 0 saturated heterocycles. The molecule has 0 aliphatic heterocycles. The molecular weight excluding hydrogens is 440 g/mol. The minimum atomic E-state index is 0.0904. The van der Waals surface area contributed by atoms with Crippen molar-refractivity contribution >= 4 is 28.3 Å². The van der Waals surface area contributed by atoms with Crippen molar-refractivity contribution in [2.45, 2.75) is 53.4 Å². The normalized spacial score (nSPS) is 30.1. The largest absolute Gasteiger partial charge is 0.437 e. The van der Waals surface area contributed by atoms with E-state index in [9.17, 15) is 0 Å². The lowest BCUT2D eigenvalue weighted by atomic mass is 9.73. The van der Waals surface area contributed by atoms with E-state index in [0.29, 0.717) is 23.5 Å². The molecule has 6 rings (SSSR count). The molecule has 36 heavy (non-hydrogen) atoms. The van der Waals surface area contributed by atoms with Crippen molar-refractivity contribution in [1.29, 1.82) is 0 Å². The number of allylic oxidation sites excluding steroid dienone is 6. The summed E-state index contributed by atoms with van der Waals surface area (Å²) in [7, 11) is 0. The van der Waals surface area contributed by atoms with Gasteiger partial charge in [-0.05, 0) is 91.7 Å². The number of aromatic nitrogens is 1. The van der Waals surface area contributed by atoms with E-state index in [-0.39, 0.29) is 5.41 Å². The standard InChI is InChI=1S/C33H36N2O/c1-5-7-18-33-19-28(33)22(6-2)24(23-11-9-8-10-20(23)3)15-17-29(34)30-27(33)16-14-25-26-13-12-21(4)35-32(26)36-31(25)30/h7-15,17-18,22,27-28H,5-6,16,19,34H2,1-4H3/b18-7?,24-15+,29-17-. The van der Waals surface area contributed by atoms with Crippen LogP contribution in [-0.2, 0) is 0 Å². The number of hydrogen-bond donors (Lipinski definition) is 1. The smallest absolute Gasteiger partial charge is 0.227 e. The summed E-state index contributed by atoms with van der Waals surface area (Å²) < 4.78 is 6.50. The Hall–Kier alpha value is -3.33. The number of nitrogens with two attached hydrogens (primary N) is 1. The molecule has 4 atom stereocenters. The zero-order chi connectivity index (χ0) is 25.0. The summed E-state index contributed by atoms with van der Waals surface area (Å²) in [5, 5.41) is 2.24. The molecule has 2 aromatic heterocycles. The fourth-order valence-electron chi connectivity index (χ4n) is 7.01. The van der Waals surface area contributed by atoms with Crippen LogP contribution in [0.25, 0.3) is 28.3 Å². The maximum absolute atomic E-state index is 6.99. The van der Waals surface area contributed by atoms with Crippen LogP contribution in [-0.4, -0.2) is 4.98 Å². The molecule has 1 saturated carbocycles. The van der Waals surface area contributed by atoms with Gasteiger partial charge in [0.25, 0.3) is 0 Å². The monoisotopic (exact) mass is 476 g/mol. The van der Waals surface area contributed by atoms with Crippen molar-refractivity contribution in [2.24, 2.45) is 28.9 Å². The Morgan fingerprint density at radius 3 is 2.72 bits per heavy atom. The third-order valence-electron chi connectivity index (χ3n) is 8.83. The molecule has 3 aliphatic rings. The van der Waals surface area contributed by atoms with E-state index >= 15 is 0 Å². The van der Waals surface area contributed by atoms with E-state index in [1.807, 2.05) is 6.92 Å². The number of benzene rings is 1. The van der Waals surface area contributed by atoms with E-state index < -0.39 is 0 Å². The summed E-state index contributed by atoms with van der Waals surface area (Å²) in [4.78, 5) is 4.70. The lowest BCUT2D eigenvalue weighted by molar-refractivity contribution is 0.382. The molecule has 1 fully saturated rings. The summed E-state index contributed by atoms with van der Waals surface area (Å²) in [5.74, 6) is 1.36. The summed E-state index contributed by atoms with van der Waals surface area (Å²) in [6.07, 6.45) is 16.1. The molecule has 3 heteroatoms. The van der Waals surface area contributed by atoms with Gasteiger partial charge in [0.1, 0.15) is 5.42 Å². The van der Waals surface area contributed by atoms with Gasteiger partial charge in [0.2, 0.25) is 5.71 Å². The van der Waals surface area contributed by atoms with Gasteiger partial charge in [-0.3, -0.25) is 0 Å². The Bertz CT molecular complexity index is 1570. The summed E-state index contributed by atoms with van der Waals surface area (Å²) in [6, 6.07) is 13.0. The van der Waals surface area contributed by atoms with Crippen molar-refractivity contribution in [3.05, 3.63) is 93.9 Å². The Kier molecular flexibility index (Phi) is 5.55. The zero-order valence-electron chi connectivity index (χ0n) is 21.8. The van der Waals surface area contributed by atoms with Crippen molar-refractivity contribution < 1.29 is 4.42 Å². The fraction of sp³-hybridized carbons (Fsp3) is 0.364. The highest BCUT2D eigenvalue weighted by molar-refractivity contribution is 5.81. The Labute approximate surface area is 213 Å². The maximum Gasteiger partial charge on any atom is 0.227 e. The van der Waals surface area contributed by atoms with Gasteiger partial charge in [0.05, 0.1) is 0 Å². The highest BCUT2D eigenvalue weighted by atomic mass is 16.3. The van der Waals surface area contributed by atoms with E-state index in [0.717, 1.165) is 46.7 Å². The molecule has 3 nitrogen and oxygen atoms in total. The molecule has 0 bridgehead atoms. The first-order valence-electron chi connectivity index (χ1n) is 13.5. The van der Waals surface area contributed by atoms with Gasteiger partial charge < -0.3 is 10.2 Å². The molecule has 1 aromatic carbocycles. The molecule has 3 aliphatic carbocycles. The fourth-order valence-corrected chi connectivity index (χ4v) is 7.01. The second-order valence-electron chi connectivity index (χ2n) is 10.9. The van der Waals surface area contributed by atoms with Gasteiger partial charge in [-0.15, -0.1) is 0 Å². The van der Waals surface area contributed by atoms with E-state index in [2.05, 4.69) is 87.5 Å². The first-order valence-corrected chi connectivity index (χ1v) is 13.5. The number of furan rings is 1. The van der Waals surface area contributed by atoms with Gasteiger partial charge in [-0.2, -0.15) is 0 Å². The van der Waals surface area contributed by atoms with Crippen LogP contribution in [0.2, 0.25) is 0 Å². The van der Waals surface area contributed by atoms with Gasteiger partial charge in [0, 0.05) is 33.5 Å². The highest BCUT2D eigenvalue weighted by Gasteiger charge is 2.61. The van der Waals surface area contributed by atoms with Crippen LogP contribution in [0.3, 0.4) is 0 Å². The third-order valence-corrected chi connectivity index (χ3v) is 8.83. The Morgan fingerprint density at radius 1 is 1.11 bits per heavy atom. The number of aryl methyl sites for hydroxylation is 2. The van der Waals surface area contributed by atoms with Crippen LogP contribution in [0.15, 0.2) is 70.8 Å². The molecule has 4 unspecified atom stereocenters. The lowest BCUT2D eigenvalue weighted by Gasteiger charge is -2.31. The van der Waals surface area contributed by atoms with Crippen molar-refractivity contribution in [3.8, 4) is 0 Å². The molecule has 0 amide bonds. The van der Waals surface area contributed by atoms with Crippen LogP contribution in [0.4, 0.5) is 0 Å². The minimum Gasteiger partial charge on any atom is -0.437 e. The van der Waals surface area contributed by atoms with Crippen LogP contribution >= 0.6 is 0 Å². The summed E-state index contributed by atoms with van der Waals surface area (Å²) >= 11 is 0. The minimum absolute atomic E-state index is 0.0904. The average Bonchev–Trinajstić information content (AvgIpc) is 3.47. The molecule has 2 heterocycles. The quantitative estimate of drug-likeness (QED) is 0.448. The average molecular weight is 477 g/mol. The number of fused-ring (bicyclic) bond motifs is 6. The topological polar surface area (TPSA) is 52.0 Å². The van der Waals surface area contributed by atoms with Crippen molar-refractivity contribution in [2.75, 3.05) is 0 Å². The molecular formula is C33H36N2O. The van der Waals surface area contributed by atoms with Crippen LogP contribution in [0.5, 0.6) is 0 Å². The predicted octanol–water partition coefficient (Wildman–Crippen LogP) is 6.33. The first-order chi connectivity index (χ1) is 17.5. The SMILES string of the molecule is CCC=CC12CC1C(CC)/C(c1ccccc1C)=C\C=C(/N)C1=c3oc4nc(C)ccc4c3=CCC12. The molecule has 2 N–H and O–H groups in total. The summed E-state index contributed by atoms with van der Waals surface area (Å²) in [5.41, 5.74) is 15.8. The third kappa shape index (κ3) is 3.43. The molecule has 0 radical (unpaired) electrons. The maximum atomic E-state index is 6.99. The number of hydrogen-bond acceptors (Lipinski definition) is 3. The lowest BCUT2D eigenvalue weighted by Crippen LogP contribution is -2.36. The second kappa shape index (κ2) is 8.65. The van der Waals surface area contributed by atoms with Crippen LogP contribution in [0.1, 0.15) is 56.4 Å². The van der Waals surface area contributed by atoms with Gasteiger partial charge in [0.15, 0.2) is 0 Å². The molecule has 3 aromatic rings. The van der Waals surface area contributed by atoms with Gasteiger partial charge in [-0.1, -0.05) is 62.4 Å². The van der Waals surface area contributed by atoms with Crippen LogP contribution < -0.4 is 16.4 Å². The predicted molar refractivity (Wildman–Crippen MR) is 149 cm³/mol. The first kappa shape index (κ1) is 23.1. The zero-order valence-corrected chi connectivity index (χ0v) is 21.8. The van der Waals surface area contributed by atoms with E-state index in [4.69, 9.17) is 15.1 Å². The molecule has 184 valence electrons. The second-order valence-corrected chi connectivity index (χ2v) is 10.9. The van der Waals surface area contributed by atoms with Gasteiger partial charge >= 0.3 is 0 Å². The number of nitrogens with zero attached hydrogens (tertiary/aromatic N) is 1. The van der Waals surface area contributed by atoms with Crippen LogP contribution in [0, 0.1) is 37.0 Å². The highest BCUT2D eigenvalue weighted by Crippen LogP contribution is 2.68. The van der Waals surface area contributed by atoms with Crippen molar-refractivity contribution in [1.82, 2.24) is 4.98 Å².